The van der Waals surface area contributed by atoms with E-state index in [1.807, 2.05) is 11.8 Å². The van der Waals surface area contributed by atoms with Gasteiger partial charge in [0.1, 0.15) is 0 Å². The van der Waals surface area contributed by atoms with E-state index in [1.165, 1.54) is 29.9 Å². The highest BCUT2D eigenvalue weighted by molar-refractivity contribution is 9.10. The van der Waals surface area contributed by atoms with Gasteiger partial charge in [0.05, 0.1) is 5.60 Å². The van der Waals surface area contributed by atoms with Crippen molar-refractivity contribution in [3.05, 3.63) is 34.3 Å². The average Bonchev–Trinajstić information content (AvgIpc) is 2.87. The molecule has 0 amide bonds. The molecule has 2 unspecified atom stereocenters. The summed E-state index contributed by atoms with van der Waals surface area (Å²) in [6.07, 6.45) is 3.52. The van der Waals surface area contributed by atoms with Crippen molar-refractivity contribution >= 4 is 27.7 Å². The van der Waals surface area contributed by atoms with Crippen LogP contribution in [0.15, 0.2) is 28.7 Å². The van der Waals surface area contributed by atoms with E-state index in [0.717, 1.165) is 17.5 Å². The van der Waals surface area contributed by atoms with Crippen molar-refractivity contribution in [3.63, 3.8) is 0 Å². The summed E-state index contributed by atoms with van der Waals surface area (Å²) in [5.74, 6) is 2.43. The van der Waals surface area contributed by atoms with Gasteiger partial charge in [0.25, 0.3) is 0 Å². The largest absolute Gasteiger partial charge is 0.374 e. The van der Waals surface area contributed by atoms with Crippen molar-refractivity contribution in [2.45, 2.75) is 43.9 Å². The van der Waals surface area contributed by atoms with Crippen molar-refractivity contribution in [2.24, 2.45) is 0 Å². The van der Waals surface area contributed by atoms with E-state index in [0.29, 0.717) is 12.1 Å². The summed E-state index contributed by atoms with van der Waals surface area (Å²) < 4.78 is 7.25. The fourth-order valence-electron chi connectivity index (χ4n) is 3.26. The molecule has 110 valence electrons. The highest BCUT2D eigenvalue weighted by Gasteiger charge is 2.40. The van der Waals surface area contributed by atoms with Crippen LogP contribution < -0.4 is 5.32 Å². The van der Waals surface area contributed by atoms with Crippen molar-refractivity contribution in [2.75, 3.05) is 18.1 Å². The Bertz CT molecular complexity index is 462. The summed E-state index contributed by atoms with van der Waals surface area (Å²) >= 11 is 5.59. The van der Waals surface area contributed by atoms with Gasteiger partial charge in [-0.2, -0.15) is 11.8 Å². The summed E-state index contributed by atoms with van der Waals surface area (Å²) in [5.41, 5.74) is 1.51. The van der Waals surface area contributed by atoms with Gasteiger partial charge in [-0.3, -0.25) is 0 Å². The predicted molar refractivity (Wildman–Crippen MR) is 89.3 cm³/mol. The summed E-state index contributed by atoms with van der Waals surface area (Å²) in [6, 6.07) is 9.56. The molecule has 2 heterocycles. The first-order valence-electron chi connectivity index (χ1n) is 7.40. The third kappa shape index (κ3) is 3.41. The van der Waals surface area contributed by atoms with Crippen LogP contribution in [-0.4, -0.2) is 29.8 Å². The van der Waals surface area contributed by atoms with Crippen LogP contribution in [0, 0.1) is 0 Å². The van der Waals surface area contributed by atoms with Crippen LogP contribution >= 0.6 is 27.7 Å². The first kappa shape index (κ1) is 14.9. The van der Waals surface area contributed by atoms with Gasteiger partial charge in [0.15, 0.2) is 0 Å². The van der Waals surface area contributed by atoms with E-state index < -0.39 is 0 Å². The lowest BCUT2D eigenvalue weighted by Crippen LogP contribution is -2.47. The SMILES string of the molecule is C[C@H](NC1CCOC2(CCSC2)C1)c1cccc(Br)c1. The van der Waals surface area contributed by atoms with Crippen LogP contribution in [0.1, 0.15) is 37.8 Å². The van der Waals surface area contributed by atoms with E-state index >= 15 is 0 Å². The van der Waals surface area contributed by atoms with Crippen LogP contribution in [-0.2, 0) is 4.74 Å². The molecular weight excluding hydrogens is 334 g/mol. The third-order valence-corrected chi connectivity index (χ3v) is 6.11. The number of hydrogen-bond acceptors (Lipinski definition) is 3. The molecular formula is C16H22BrNOS. The number of nitrogens with one attached hydrogen (secondary N) is 1. The zero-order valence-electron chi connectivity index (χ0n) is 11.9. The van der Waals surface area contributed by atoms with Gasteiger partial charge < -0.3 is 10.1 Å². The Balaban J connectivity index is 1.62. The van der Waals surface area contributed by atoms with E-state index in [2.05, 4.69) is 52.4 Å². The number of thioether (sulfide) groups is 1. The van der Waals surface area contributed by atoms with Crippen molar-refractivity contribution in [1.82, 2.24) is 5.32 Å². The smallest absolute Gasteiger partial charge is 0.0795 e. The Kier molecular flexibility index (Phi) is 4.75. The van der Waals surface area contributed by atoms with Crippen LogP contribution in [0.25, 0.3) is 0 Å². The molecule has 4 heteroatoms. The Morgan fingerprint density at radius 1 is 1.50 bits per heavy atom. The molecule has 2 saturated heterocycles. The molecule has 2 aliphatic heterocycles. The molecule has 1 aromatic carbocycles. The summed E-state index contributed by atoms with van der Waals surface area (Å²) in [4.78, 5) is 0. The standard InChI is InChI=1S/C16H22BrNOS/c1-12(13-3-2-4-14(17)9-13)18-15-5-7-19-16(10-15)6-8-20-11-16/h2-4,9,12,15,18H,5-8,10-11H2,1H3/t12-,15?,16?/m0/s1. The first-order chi connectivity index (χ1) is 9.67. The molecule has 0 aromatic heterocycles. The minimum absolute atomic E-state index is 0.164. The lowest BCUT2D eigenvalue weighted by atomic mass is 9.89. The quantitative estimate of drug-likeness (QED) is 0.879. The monoisotopic (exact) mass is 355 g/mol. The molecule has 3 atom stereocenters. The first-order valence-corrected chi connectivity index (χ1v) is 9.35. The van der Waals surface area contributed by atoms with Crippen LogP contribution in [0.4, 0.5) is 0 Å². The molecule has 2 nitrogen and oxygen atoms in total. The Morgan fingerprint density at radius 3 is 3.15 bits per heavy atom. The third-order valence-electron chi connectivity index (χ3n) is 4.39. The Hall–Kier alpha value is -0.0300. The molecule has 2 aliphatic rings. The second kappa shape index (κ2) is 6.39. The van der Waals surface area contributed by atoms with E-state index in [1.54, 1.807) is 0 Å². The van der Waals surface area contributed by atoms with Crippen LogP contribution in [0.2, 0.25) is 0 Å². The normalized spacial score (nSPS) is 31.6. The summed E-state index contributed by atoms with van der Waals surface area (Å²) in [5, 5.41) is 3.80. The van der Waals surface area contributed by atoms with Crippen molar-refractivity contribution in [1.29, 1.82) is 0 Å². The Labute approximate surface area is 134 Å². The number of halogens is 1. The lowest BCUT2D eigenvalue weighted by Gasteiger charge is -2.39. The van der Waals surface area contributed by atoms with Crippen LogP contribution in [0.3, 0.4) is 0 Å². The molecule has 1 spiro atoms. The molecule has 20 heavy (non-hydrogen) atoms. The summed E-state index contributed by atoms with van der Waals surface area (Å²) in [6.45, 7) is 3.16. The highest BCUT2D eigenvalue weighted by Crippen LogP contribution is 2.38. The minimum Gasteiger partial charge on any atom is -0.374 e. The van der Waals surface area contributed by atoms with Crippen LogP contribution in [0.5, 0.6) is 0 Å². The number of benzene rings is 1. The molecule has 0 radical (unpaired) electrons. The predicted octanol–water partition coefficient (Wildman–Crippen LogP) is 4.15. The molecule has 1 aromatic rings. The lowest BCUT2D eigenvalue weighted by molar-refractivity contribution is -0.0711. The topological polar surface area (TPSA) is 21.3 Å². The maximum Gasteiger partial charge on any atom is 0.0795 e. The second-order valence-electron chi connectivity index (χ2n) is 5.97. The van der Waals surface area contributed by atoms with Gasteiger partial charge in [-0.25, -0.2) is 0 Å². The van der Waals surface area contributed by atoms with Gasteiger partial charge in [-0.1, -0.05) is 28.1 Å². The van der Waals surface area contributed by atoms with Gasteiger partial charge in [0.2, 0.25) is 0 Å². The molecule has 0 aliphatic carbocycles. The van der Waals surface area contributed by atoms with E-state index in [9.17, 15) is 0 Å². The highest BCUT2D eigenvalue weighted by atomic mass is 79.9. The maximum absolute atomic E-state index is 6.09. The zero-order chi connectivity index (χ0) is 14.0. The molecule has 1 N–H and O–H groups in total. The number of ether oxygens (including phenoxy) is 1. The van der Waals surface area contributed by atoms with Gasteiger partial charge in [0, 0.05) is 28.9 Å². The summed E-state index contributed by atoms with van der Waals surface area (Å²) in [7, 11) is 0. The van der Waals surface area contributed by atoms with Crippen molar-refractivity contribution in [3.8, 4) is 0 Å². The maximum atomic E-state index is 6.09. The minimum atomic E-state index is 0.164. The molecule has 3 rings (SSSR count). The van der Waals surface area contributed by atoms with Crippen molar-refractivity contribution < 1.29 is 4.74 Å². The second-order valence-corrected chi connectivity index (χ2v) is 7.99. The molecule has 0 bridgehead atoms. The number of hydrogen-bond donors (Lipinski definition) is 1. The average molecular weight is 356 g/mol. The fraction of sp³-hybridized carbons (Fsp3) is 0.625. The Morgan fingerprint density at radius 2 is 2.40 bits per heavy atom. The van der Waals surface area contributed by atoms with Gasteiger partial charge >= 0.3 is 0 Å². The van der Waals surface area contributed by atoms with E-state index in [4.69, 9.17) is 4.74 Å². The zero-order valence-corrected chi connectivity index (χ0v) is 14.3. The van der Waals surface area contributed by atoms with Gasteiger partial charge in [-0.05, 0) is 49.6 Å². The fourth-order valence-corrected chi connectivity index (χ4v) is 5.05. The number of rotatable bonds is 3. The van der Waals surface area contributed by atoms with E-state index in [-0.39, 0.29) is 5.60 Å². The van der Waals surface area contributed by atoms with Gasteiger partial charge in [-0.15, -0.1) is 0 Å². The molecule has 0 saturated carbocycles. The molecule has 2 fully saturated rings.